The highest BCUT2D eigenvalue weighted by molar-refractivity contribution is 5.96. The van der Waals surface area contributed by atoms with Crippen LogP contribution in [0.1, 0.15) is 17.0 Å². The first-order valence-corrected chi connectivity index (χ1v) is 6.75. The van der Waals surface area contributed by atoms with Gasteiger partial charge in [0.1, 0.15) is 0 Å². The molecule has 0 fully saturated rings. The lowest BCUT2D eigenvalue weighted by molar-refractivity contribution is -0.117. The minimum Gasteiger partial charge on any atom is -0.305 e. The molecule has 0 unspecified atom stereocenters. The van der Waals surface area contributed by atoms with E-state index in [1.807, 2.05) is 48.2 Å². The number of anilines is 1. The first-order chi connectivity index (χ1) is 9.74. The quantitative estimate of drug-likeness (QED) is 0.905. The first kappa shape index (κ1) is 12.8. The Hall–Kier alpha value is -2.20. The number of fused-ring (bicyclic) bond motifs is 1. The van der Waals surface area contributed by atoms with Crippen LogP contribution in [-0.2, 0) is 17.9 Å². The van der Waals surface area contributed by atoms with Crippen molar-refractivity contribution < 1.29 is 4.79 Å². The summed E-state index contributed by atoms with van der Waals surface area (Å²) in [6, 6.07) is 13.9. The van der Waals surface area contributed by atoms with Crippen LogP contribution >= 0.6 is 0 Å². The molecule has 1 aliphatic heterocycles. The van der Waals surface area contributed by atoms with Gasteiger partial charge in [-0.3, -0.25) is 9.78 Å². The number of carbonyl (C=O) groups excluding carboxylic acids is 1. The monoisotopic (exact) mass is 267 g/mol. The van der Waals surface area contributed by atoms with Crippen LogP contribution in [0.5, 0.6) is 0 Å². The number of aromatic nitrogens is 1. The summed E-state index contributed by atoms with van der Waals surface area (Å²) in [7, 11) is 0. The number of amides is 1. The second-order valence-electron chi connectivity index (χ2n) is 4.98. The number of rotatable bonds is 2. The minimum atomic E-state index is 0.0817. The zero-order chi connectivity index (χ0) is 13.9. The largest absolute Gasteiger partial charge is 0.305 e. The molecule has 102 valence electrons. The van der Waals surface area contributed by atoms with Crippen molar-refractivity contribution >= 4 is 11.6 Å². The van der Waals surface area contributed by atoms with Gasteiger partial charge in [-0.25, -0.2) is 0 Å². The van der Waals surface area contributed by atoms with Gasteiger partial charge in [-0.15, -0.1) is 0 Å². The van der Waals surface area contributed by atoms with E-state index in [4.69, 9.17) is 0 Å². The van der Waals surface area contributed by atoms with E-state index in [9.17, 15) is 4.79 Å². The lowest BCUT2D eigenvalue weighted by Crippen LogP contribution is -2.35. The van der Waals surface area contributed by atoms with Gasteiger partial charge in [0.05, 0.1) is 18.8 Å². The molecule has 4 heteroatoms. The van der Waals surface area contributed by atoms with E-state index in [1.54, 1.807) is 0 Å². The molecule has 1 aromatic carbocycles. The molecular formula is C16H17N3O. The first-order valence-electron chi connectivity index (χ1n) is 6.75. The van der Waals surface area contributed by atoms with Crippen LogP contribution < -0.4 is 10.2 Å². The van der Waals surface area contributed by atoms with Gasteiger partial charge in [-0.2, -0.15) is 0 Å². The van der Waals surface area contributed by atoms with E-state index in [0.717, 1.165) is 29.2 Å². The molecule has 2 heterocycles. The molecule has 2 aromatic rings. The summed E-state index contributed by atoms with van der Waals surface area (Å²) < 4.78 is 0. The highest BCUT2D eigenvalue weighted by Crippen LogP contribution is 2.24. The van der Waals surface area contributed by atoms with Gasteiger partial charge < -0.3 is 10.2 Å². The van der Waals surface area contributed by atoms with Crippen molar-refractivity contribution in [3.05, 3.63) is 59.4 Å². The number of aryl methyl sites for hydroxylation is 1. The predicted octanol–water partition coefficient (Wildman–Crippen LogP) is 2.03. The fourth-order valence-corrected chi connectivity index (χ4v) is 2.48. The van der Waals surface area contributed by atoms with Gasteiger partial charge in [0.25, 0.3) is 0 Å². The Bertz CT molecular complexity index is 639. The lowest BCUT2D eigenvalue weighted by Gasteiger charge is -2.22. The summed E-state index contributed by atoms with van der Waals surface area (Å²) in [5.41, 5.74) is 4.00. The second-order valence-corrected chi connectivity index (χ2v) is 4.98. The molecule has 1 aromatic heterocycles. The molecule has 3 rings (SSSR count). The maximum Gasteiger partial charge on any atom is 0.241 e. The van der Waals surface area contributed by atoms with Crippen LogP contribution in [0.3, 0.4) is 0 Å². The summed E-state index contributed by atoms with van der Waals surface area (Å²) in [4.78, 5) is 18.6. The smallest absolute Gasteiger partial charge is 0.241 e. The number of pyridine rings is 1. The third-order valence-electron chi connectivity index (χ3n) is 3.44. The van der Waals surface area contributed by atoms with Crippen molar-refractivity contribution in [2.45, 2.75) is 20.0 Å². The van der Waals surface area contributed by atoms with Crippen LogP contribution in [0, 0.1) is 6.92 Å². The molecule has 0 spiro atoms. The van der Waals surface area contributed by atoms with Crippen LogP contribution in [0.25, 0.3) is 0 Å². The summed E-state index contributed by atoms with van der Waals surface area (Å²) in [6.45, 7) is 3.56. The standard InChI is InChI=1S/C16H17N3O/c1-12-5-4-7-14(18-12)11-19-15-8-3-2-6-13(15)9-17-10-16(19)20/h2-8,17H,9-11H2,1H3. The van der Waals surface area contributed by atoms with Crippen LogP contribution in [0.15, 0.2) is 42.5 Å². The Labute approximate surface area is 118 Å². The highest BCUT2D eigenvalue weighted by atomic mass is 16.2. The number of nitrogens with zero attached hydrogens (tertiary/aromatic N) is 2. The Morgan fingerprint density at radius 2 is 2.00 bits per heavy atom. The Morgan fingerprint density at radius 1 is 1.15 bits per heavy atom. The van der Waals surface area contributed by atoms with Gasteiger partial charge in [0.2, 0.25) is 5.91 Å². The normalized spacial score (nSPS) is 14.8. The number of carbonyl (C=O) groups is 1. The maximum absolute atomic E-state index is 12.3. The third-order valence-corrected chi connectivity index (χ3v) is 3.44. The van der Waals surface area contributed by atoms with Gasteiger partial charge in [0, 0.05) is 17.9 Å². The summed E-state index contributed by atoms with van der Waals surface area (Å²) in [5, 5.41) is 3.17. The van der Waals surface area contributed by atoms with E-state index >= 15 is 0 Å². The molecule has 1 N–H and O–H groups in total. The Balaban J connectivity index is 1.96. The predicted molar refractivity (Wildman–Crippen MR) is 78.3 cm³/mol. The molecule has 0 saturated carbocycles. The van der Waals surface area contributed by atoms with E-state index in [1.165, 1.54) is 0 Å². The van der Waals surface area contributed by atoms with Crippen LogP contribution in [0.4, 0.5) is 5.69 Å². The topological polar surface area (TPSA) is 45.2 Å². The number of para-hydroxylation sites is 1. The summed E-state index contributed by atoms with van der Waals surface area (Å²) in [5.74, 6) is 0.0817. The molecule has 20 heavy (non-hydrogen) atoms. The Morgan fingerprint density at radius 3 is 2.85 bits per heavy atom. The van der Waals surface area contributed by atoms with Crippen molar-refractivity contribution in [1.29, 1.82) is 0 Å². The molecule has 0 saturated heterocycles. The van der Waals surface area contributed by atoms with Crippen LogP contribution in [0.2, 0.25) is 0 Å². The van der Waals surface area contributed by atoms with E-state index in [0.29, 0.717) is 13.1 Å². The molecule has 1 amide bonds. The molecular weight excluding hydrogens is 250 g/mol. The summed E-state index contributed by atoms with van der Waals surface area (Å²) >= 11 is 0. The molecule has 1 aliphatic rings. The zero-order valence-corrected chi connectivity index (χ0v) is 11.5. The minimum absolute atomic E-state index is 0.0817. The second kappa shape index (κ2) is 5.43. The fraction of sp³-hybridized carbons (Fsp3) is 0.250. The average molecular weight is 267 g/mol. The number of hydrogen-bond donors (Lipinski definition) is 1. The van der Waals surface area contributed by atoms with E-state index < -0.39 is 0 Å². The van der Waals surface area contributed by atoms with Gasteiger partial charge >= 0.3 is 0 Å². The SMILES string of the molecule is Cc1cccc(CN2C(=O)CNCc3ccccc32)n1. The van der Waals surface area contributed by atoms with Crippen molar-refractivity contribution in [2.24, 2.45) is 0 Å². The fourth-order valence-electron chi connectivity index (χ4n) is 2.48. The van der Waals surface area contributed by atoms with Crippen molar-refractivity contribution in [3.8, 4) is 0 Å². The molecule has 0 atom stereocenters. The Kier molecular flexibility index (Phi) is 3.48. The van der Waals surface area contributed by atoms with Gasteiger partial charge in [-0.1, -0.05) is 24.3 Å². The van der Waals surface area contributed by atoms with E-state index in [-0.39, 0.29) is 5.91 Å². The lowest BCUT2D eigenvalue weighted by atomic mass is 10.1. The van der Waals surface area contributed by atoms with Gasteiger partial charge in [0.15, 0.2) is 0 Å². The average Bonchev–Trinajstić information content (AvgIpc) is 2.59. The molecule has 0 aliphatic carbocycles. The molecule has 0 radical (unpaired) electrons. The number of nitrogens with one attached hydrogen (secondary N) is 1. The number of hydrogen-bond acceptors (Lipinski definition) is 3. The van der Waals surface area contributed by atoms with Gasteiger partial charge in [-0.05, 0) is 30.7 Å². The van der Waals surface area contributed by atoms with Crippen LogP contribution in [-0.4, -0.2) is 17.4 Å². The summed E-state index contributed by atoms with van der Waals surface area (Å²) in [6.07, 6.45) is 0. The molecule has 0 bridgehead atoms. The van der Waals surface area contributed by atoms with Crippen molar-refractivity contribution in [1.82, 2.24) is 10.3 Å². The maximum atomic E-state index is 12.3. The van der Waals surface area contributed by atoms with Crippen molar-refractivity contribution in [3.63, 3.8) is 0 Å². The zero-order valence-electron chi connectivity index (χ0n) is 11.5. The van der Waals surface area contributed by atoms with E-state index in [2.05, 4.69) is 16.4 Å². The molecule has 4 nitrogen and oxygen atoms in total. The number of benzene rings is 1. The highest BCUT2D eigenvalue weighted by Gasteiger charge is 2.22. The third kappa shape index (κ3) is 2.56. The van der Waals surface area contributed by atoms with Crippen molar-refractivity contribution in [2.75, 3.05) is 11.4 Å².